The van der Waals surface area contributed by atoms with Crippen LogP contribution >= 0.6 is 11.3 Å². The fourth-order valence-electron chi connectivity index (χ4n) is 3.13. The van der Waals surface area contributed by atoms with E-state index in [9.17, 15) is 18.3 Å². The van der Waals surface area contributed by atoms with Crippen LogP contribution in [-0.2, 0) is 14.8 Å². The van der Waals surface area contributed by atoms with Crippen molar-refractivity contribution in [2.45, 2.75) is 44.4 Å². The number of aliphatic hydroxyl groups excluding tert-OH is 1. The number of aromatic nitrogens is 1. The number of rotatable bonds is 7. The van der Waals surface area contributed by atoms with Crippen molar-refractivity contribution in [2.75, 3.05) is 17.7 Å². The Bertz CT molecular complexity index is 1260. The molecule has 3 rings (SSSR count). The van der Waals surface area contributed by atoms with Gasteiger partial charge in [-0.3, -0.25) is 5.32 Å². The van der Waals surface area contributed by atoms with Crippen molar-refractivity contribution in [1.82, 2.24) is 9.71 Å². The van der Waals surface area contributed by atoms with Crippen molar-refractivity contribution in [3.63, 3.8) is 0 Å². The smallest absolute Gasteiger partial charge is 0.411 e. The highest BCUT2D eigenvalue weighted by Gasteiger charge is 2.26. The normalized spacial score (nSPS) is 12.8. The van der Waals surface area contributed by atoms with Crippen molar-refractivity contribution >= 4 is 38.8 Å². The van der Waals surface area contributed by atoms with E-state index in [2.05, 4.69) is 25.1 Å². The summed E-state index contributed by atoms with van der Waals surface area (Å²) in [5.74, 6) is 0. The van der Waals surface area contributed by atoms with Gasteiger partial charge in [0.15, 0.2) is 0 Å². The van der Waals surface area contributed by atoms with E-state index in [1.54, 1.807) is 58.2 Å². The molecule has 0 saturated heterocycles. The summed E-state index contributed by atoms with van der Waals surface area (Å²) in [6, 6.07) is 12.0. The summed E-state index contributed by atoms with van der Waals surface area (Å²) in [4.78, 5) is 16.6. The molecule has 1 unspecified atom stereocenters. The zero-order valence-corrected chi connectivity index (χ0v) is 21.2. The lowest BCUT2D eigenvalue weighted by Crippen LogP contribution is -2.40. The molecule has 1 heterocycles. The van der Waals surface area contributed by atoms with E-state index in [4.69, 9.17) is 0 Å². The van der Waals surface area contributed by atoms with Crippen molar-refractivity contribution < 1.29 is 23.1 Å². The molecule has 0 saturated carbocycles. The Kier molecular flexibility index (Phi) is 7.61. The summed E-state index contributed by atoms with van der Waals surface area (Å²) < 4.78 is 33.8. The summed E-state index contributed by atoms with van der Waals surface area (Å²) in [5.41, 5.74) is 1.70. The third-order valence-corrected chi connectivity index (χ3v) is 7.30. The minimum atomic E-state index is -3.87. The van der Waals surface area contributed by atoms with E-state index in [-0.39, 0.29) is 4.90 Å². The second kappa shape index (κ2) is 10.1. The second-order valence-electron chi connectivity index (χ2n) is 8.61. The quantitative estimate of drug-likeness (QED) is 0.349. The molecule has 0 spiro atoms. The minimum Gasteiger partial charge on any atom is -0.453 e. The number of methoxy groups -OCH3 is 1. The third kappa shape index (κ3) is 6.54. The molecule has 4 N–H and O–H groups in total. The molecule has 9 nitrogen and oxygen atoms in total. The zero-order valence-electron chi connectivity index (χ0n) is 19.5. The van der Waals surface area contributed by atoms with E-state index >= 15 is 0 Å². The molecule has 1 aromatic heterocycles. The van der Waals surface area contributed by atoms with Gasteiger partial charge in [-0.15, -0.1) is 11.3 Å². The van der Waals surface area contributed by atoms with Crippen LogP contribution < -0.4 is 15.4 Å². The second-order valence-corrected chi connectivity index (χ2v) is 11.3. The number of sulfonamides is 1. The van der Waals surface area contributed by atoms with Crippen LogP contribution in [-0.4, -0.2) is 43.5 Å². The maximum atomic E-state index is 13.2. The van der Waals surface area contributed by atoms with Crippen LogP contribution in [0.15, 0.2) is 53.6 Å². The summed E-state index contributed by atoms with van der Waals surface area (Å²) >= 11 is 1.35. The van der Waals surface area contributed by atoms with Crippen LogP contribution in [0, 0.1) is 0 Å². The molecule has 0 radical (unpaired) electrons. The molecule has 11 heteroatoms. The number of carbonyl (C=O) groups is 1. The number of hydrogen-bond acceptors (Lipinski definition) is 8. The molecule has 1 atom stereocenters. The van der Waals surface area contributed by atoms with Crippen molar-refractivity contribution in [3.05, 3.63) is 48.7 Å². The van der Waals surface area contributed by atoms with Crippen LogP contribution in [0.1, 0.15) is 27.7 Å². The van der Waals surface area contributed by atoms with Crippen molar-refractivity contribution in [2.24, 2.45) is 0 Å². The number of nitrogens with one attached hydrogen (secondary N) is 3. The standard InChI is InChI=1S/C23H28N4O5S2/c1-14(28)25-17-10-11-18(20(12-17)34(30,31)27-23(2,3)4)19-13-24-21(33-19)15-6-8-16(9-7-15)26-22(29)32-5/h6-14,25,27-28H,1-5H3,(H,26,29). The largest absolute Gasteiger partial charge is 0.453 e. The topological polar surface area (TPSA) is 130 Å². The first kappa shape index (κ1) is 25.6. The predicted molar refractivity (Wildman–Crippen MR) is 134 cm³/mol. The Hall–Kier alpha value is -2.99. The maximum absolute atomic E-state index is 13.2. The van der Waals surface area contributed by atoms with Gasteiger partial charge in [-0.05, 0) is 64.1 Å². The number of amides is 1. The fourth-order valence-corrected chi connectivity index (χ4v) is 5.83. The third-order valence-electron chi connectivity index (χ3n) is 4.42. The van der Waals surface area contributed by atoms with E-state index in [0.717, 1.165) is 5.56 Å². The van der Waals surface area contributed by atoms with Gasteiger partial charge in [0, 0.05) is 34.2 Å². The molecule has 0 aliphatic heterocycles. The Labute approximate surface area is 203 Å². The Morgan fingerprint density at radius 1 is 1.12 bits per heavy atom. The van der Waals surface area contributed by atoms with Gasteiger partial charge >= 0.3 is 6.09 Å². The van der Waals surface area contributed by atoms with Gasteiger partial charge < -0.3 is 15.2 Å². The van der Waals surface area contributed by atoms with Gasteiger partial charge in [0.25, 0.3) is 0 Å². The van der Waals surface area contributed by atoms with E-state index in [1.165, 1.54) is 24.5 Å². The highest BCUT2D eigenvalue weighted by molar-refractivity contribution is 7.89. The molecular formula is C23H28N4O5S2. The lowest BCUT2D eigenvalue weighted by atomic mass is 10.1. The molecule has 2 aromatic carbocycles. The van der Waals surface area contributed by atoms with E-state index in [0.29, 0.717) is 26.8 Å². The van der Waals surface area contributed by atoms with Crippen LogP contribution in [0.25, 0.3) is 21.0 Å². The van der Waals surface area contributed by atoms with Gasteiger partial charge in [0.1, 0.15) is 11.2 Å². The van der Waals surface area contributed by atoms with Crippen molar-refractivity contribution in [3.8, 4) is 21.0 Å². The van der Waals surface area contributed by atoms with Gasteiger partial charge in [-0.25, -0.2) is 22.9 Å². The zero-order chi connectivity index (χ0) is 25.1. The molecule has 1 amide bonds. The van der Waals surface area contributed by atoms with Crippen LogP contribution in [0.3, 0.4) is 0 Å². The predicted octanol–water partition coefficient (Wildman–Crippen LogP) is 4.48. The summed E-state index contributed by atoms with van der Waals surface area (Å²) in [5, 5.41) is 15.8. The first-order valence-electron chi connectivity index (χ1n) is 10.4. The molecule has 182 valence electrons. The van der Waals surface area contributed by atoms with Gasteiger partial charge in [-0.2, -0.15) is 0 Å². The number of carbonyl (C=O) groups excluding carboxylic acids is 1. The Morgan fingerprint density at radius 2 is 1.76 bits per heavy atom. The molecule has 3 aromatic rings. The summed E-state index contributed by atoms with van der Waals surface area (Å²) in [7, 11) is -2.58. The van der Waals surface area contributed by atoms with Gasteiger partial charge in [0.2, 0.25) is 10.0 Å². The highest BCUT2D eigenvalue weighted by atomic mass is 32.2. The fraction of sp³-hybridized carbons (Fsp3) is 0.304. The number of thiazole rings is 1. The SMILES string of the molecule is COC(=O)Nc1ccc(-c2ncc(-c3ccc(NC(C)O)cc3S(=O)(=O)NC(C)(C)C)s2)cc1. The monoisotopic (exact) mass is 504 g/mol. The van der Waals surface area contributed by atoms with E-state index in [1.807, 2.05) is 12.1 Å². The van der Waals surface area contributed by atoms with Crippen LogP contribution in [0.4, 0.5) is 16.2 Å². The van der Waals surface area contributed by atoms with Crippen LogP contribution in [0.2, 0.25) is 0 Å². The highest BCUT2D eigenvalue weighted by Crippen LogP contribution is 2.37. The average Bonchev–Trinajstić information content (AvgIpc) is 3.22. The first-order chi connectivity index (χ1) is 15.9. The number of benzene rings is 2. The number of nitrogens with zero attached hydrogens (tertiary/aromatic N) is 1. The molecule has 34 heavy (non-hydrogen) atoms. The molecular weight excluding hydrogens is 476 g/mol. The number of ether oxygens (including phenoxy) is 1. The number of anilines is 2. The Balaban J connectivity index is 1.99. The lowest BCUT2D eigenvalue weighted by molar-refractivity contribution is 0.187. The van der Waals surface area contributed by atoms with E-state index < -0.39 is 27.9 Å². The number of hydrogen-bond donors (Lipinski definition) is 4. The lowest BCUT2D eigenvalue weighted by Gasteiger charge is -2.22. The average molecular weight is 505 g/mol. The first-order valence-corrected chi connectivity index (χ1v) is 12.7. The Morgan fingerprint density at radius 3 is 2.35 bits per heavy atom. The molecule has 0 bridgehead atoms. The maximum Gasteiger partial charge on any atom is 0.411 e. The summed E-state index contributed by atoms with van der Waals surface area (Å²) in [6.07, 6.45) is 0.229. The van der Waals surface area contributed by atoms with Gasteiger partial charge in [0.05, 0.1) is 16.9 Å². The molecule has 0 fully saturated rings. The number of aliphatic hydroxyl groups is 1. The van der Waals surface area contributed by atoms with Gasteiger partial charge in [-0.1, -0.05) is 6.07 Å². The molecule has 0 aliphatic rings. The summed E-state index contributed by atoms with van der Waals surface area (Å²) in [6.45, 7) is 6.86. The minimum absolute atomic E-state index is 0.0842. The molecule has 0 aliphatic carbocycles. The van der Waals surface area contributed by atoms with Crippen molar-refractivity contribution in [1.29, 1.82) is 0 Å². The van der Waals surface area contributed by atoms with Crippen LogP contribution in [0.5, 0.6) is 0 Å².